The highest BCUT2D eigenvalue weighted by Crippen LogP contribution is 2.29. The lowest BCUT2D eigenvalue weighted by molar-refractivity contribution is -0.123. The van der Waals surface area contributed by atoms with E-state index in [1.165, 1.54) is 18.2 Å². The zero-order valence-electron chi connectivity index (χ0n) is 13.7. The smallest absolute Gasteiger partial charge is 0.276 e. The van der Waals surface area contributed by atoms with Crippen LogP contribution in [0.4, 0.5) is 0 Å². The Morgan fingerprint density at radius 2 is 1.93 bits per heavy atom. The van der Waals surface area contributed by atoms with E-state index in [-0.39, 0.29) is 22.9 Å². The Bertz CT molecular complexity index is 1030. The molecule has 3 aromatic rings. The Morgan fingerprint density at radius 3 is 2.74 bits per heavy atom. The average molecular weight is 406 g/mol. The van der Waals surface area contributed by atoms with Gasteiger partial charge in [-0.15, -0.1) is 0 Å². The number of fused-ring (bicyclic) bond motifs is 1. The fourth-order valence-electron chi connectivity index (χ4n) is 2.29. The zero-order valence-corrected chi connectivity index (χ0v) is 15.2. The van der Waals surface area contributed by atoms with E-state index < -0.39 is 11.8 Å². The molecule has 0 aliphatic rings. The lowest BCUT2D eigenvalue weighted by Crippen LogP contribution is -2.43. The molecule has 0 aliphatic carbocycles. The van der Waals surface area contributed by atoms with Crippen LogP contribution in [0.1, 0.15) is 10.4 Å². The number of aromatic hydroxyl groups is 1. The minimum Gasteiger partial charge on any atom is -0.507 e. The minimum atomic E-state index is -0.720. The van der Waals surface area contributed by atoms with Crippen LogP contribution in [0.25, 0.3) is 10.9 Å². The molecule has 0 spiro atoms. The molecule has 0 fully saturated rings. The maximum atomic E-state index is 12.0. The number of hydrogen-bond donors (Lipinski definition) is 3. The molecular formula is C18H13Cl2N3O4. The summed E-state index contributed by atoms with van der Waals surface area (Å²) in [4.78, 5) is 28.1. The largest absolute Gasteiger partial charge is 0.507 e. The molecule has 0 atom stereocenters. The van der Waals surface area contributed by atoms with Gasteiger partial charge in [0.1, 0.15) is 17.0 Å². The number of ether oxygens (including phenoxy) is 1. The normalized spacial score (nSPS) is 10.4. The number of hydrazine groups is 1. The van der Waals surface area contributed by atoms with Crippen LogP contribution in [0.5, 0.6) is 11.5 Å². The fraction of sp³-hybridized carbons (Fsp3) is 0.0556. The van der Waals surface area contributed by atoms with Gasteiger partial charge in [-0.3, -0.25) is 25.4 Å². The molecule has 0 aliphatic heterocycles. The number of rotatable bonds is 4. The van der Waals surface area contributed by atoms with Gasteiger partial charge < -0.3 is 9.84 Å². The number of phenolic OH excluding ortho intramolecular Hbond substituents is 1. The van der Waals surface area contributed by atoms with E-state index in [2.05, 4.69) is 15.8 Å². The van der Waals surface area contributed by atoms with Crippen LogP contribution in [0.15, 0.2) is 48.7 Å². The molecule has 1 aromatic heterocycles. The quantitative estimate of drug-likeness (QED) is 0.579. The summed E-state index contributed by atoms with van der Waals surface area (Å²) in [6.45, 7) is -0.366. The summed E-state index contributed by atoms with van der Waals surface area (Å²) in [7, 11) is 0. The number of aromatic nitrogens is 1. The van der Waals surface area contributed by atoms with Gasteiger partial charge in [0.2, 0.25) is 0 Å². The highest BCUT2D eigenvalue weighted by molar-refractivity contribution is 6.35. The second-order valence-electron chi connectivity index (χ2n) is 5.40. The highest BCUT2D eigenvalue weighted by atomic mass is 35.5. The van der Waals surface area contributed by atoms with Crippen LogP contribution >= 0.6 is 23.2 Å². The first-order valence-electron chi connectivity index (χ1n) is 7.69. The van der Waals surface area contributed by atoms with Crippen molar-refractivity contribution in [3.05, 3.63) is 64.3 Å². The van der Waals surface area contributed by atoms with E-state index in [0.29, 0.717) is 21.7 Å². The van der Waals surface area contributed by atoms with Crippen molar-refractivity contribution in [1.82, 2.24) is 15.8 Å². The molecule has 138 valence electrons. The summed E-state index contributed by atoms with van der Waals surface area (Å²) in [6, 6.07) is 10.8. The van der Waals surface area contributed by atoms with Crippen molar-refractivity contribution in [2.45, 2.75) is 0 Å². The number of carbonyl (C=O) groups is 2. The number of nitrogens with one attached hydrogen (secondary N) is 2. The van der Waals surface area contributed by atoms with E-state index in [4.69, 9.17) is 27.9 Å². The maximum Gasteiger partial charge on any atom is 0.276 e. The minimum absolute atomic E-state index is 0.0726. The predicted octanol–water partition coefficient (Wildman–Crippen LogP) is 3.09. The molecule has 2 amide bonds. The number of nitrogens with zero attached hydrogens (tertiary/aromatic N) is 1. The van der Waals surface area contributed by atoms with Crippen LogP contribution in [0, 0.1) is 0 Å². The van der Waals surface area contributed by atoms with Crippen LogP contribution in [0.2, 0.25) is 10.0 Å². The van der Waals surface area contributed by atoms with Gasteiger partial charge >= 0.3 is 0 Å². The van der Waals surface area contributed by atoms with Crippen LogP contribution in [0.3, 0.4) is 0 Å². The highest BCUT2D eigenvalue weighted by Gasteiger charge is 2.13. The molecule has 3 rings (SSSR count). The van der Waals surface area contributed by atoms with Crippen molar-refractivity contribution >= 4 is 45.9 Å². The third kappa shape index (κ3) is 4.39. The lowest BCUT2D eigenvalue weighted by Gasteiger charge is -2.11. The second kappa shape index (κ2) is 8.11. The van der Waals surface area contributed by atoms with Crippen molar-refractivity contribution < 1.29 is 19.4 Å². The Labute approximate surface area is 163 Å². The molecule has 7 nitrogen and oxygen atoms in total. The number of halogens is 2. The molecule has 0 radical (unpaired) electrons. The molecule has 0 bridgehead atoms. The van der Waals surface area contributed by atoms with Crippen molar-refractivity contribution in [3.8, 4) is 11.5 Å². The Kier molecular flexibility index (Phi) is 5.63. The van der Waals surface area contributed by atoms with Crippen LogP contribution < -0.4 is 15.6 Å². The van der Waals surface area contributed by atoms with Gasteiger partial charge in [0, 0.05) is 16.6 Å². The summed E-state index contributed by atoms with van der Waals surface area (Å²) >= 11 is 11.9. The second-order valence-corrected chi connectivity index (χ2v) is 6.24. The van der Waals surface area contributed by atoms with Gasteiger partial charge in [0.15, 0.2) is 6.61 Å². The number of hydrogen-bond acceptors (Lipinski definition) is 5. The third-order valence-corrected chi connectivity index (χ3v) is 4.12. The molecule has 0 saturated heterocycles. The van der Waals surface area contributed by atoms with Crippen molar-refractivity contribution in [2.24, 2.45) is 0 Å². The van der Waals surface area contributed by atoms with Gasteiger partial charge in [0.05, 0.1) is 10.6 Å². The van der Waals surface area contributed by atoms with Crippen molar-refractivity contribution in [3.63, 3.8) is 0 Å². The predicted molar refractivity (Wildman–Crippen MR) is 101 cm³/mol. The molecular weight excluding hydrogens is 393 g/mol. The topological polar surface area (TPSA) is 101 Å². The van der Waals surface area contributed by atoms with Crippen LogP contribution in [-0.4, -0.2) is 28.5 Å². The first-order chi connectivity index (χ1) is 13.0. The molecule has 27 heavy (non-hydrogen) atoms. The van der Waals surface area contributed by atoms with Gasteiger partial charge in [-0.25, -0.2) is 0 Å². The number of pyridine rings is 1. The number of phenols is 1. The summed E-state index contributed by atoms with van der Waals surface area (Å²) in [5, 5.41) is 11.2. The first-order valence-corrected chi connectivity index (χ1v) is 8.45. The Balaban J connectivity index is 1.60. The van der Waals surface area contributed by atoms with E-state index in [0.717, 1.165) is 0 Å². The third-order valence-electron chi connectivity index (χ3n) is 3.56. The van der Waals surface area contributed by atoms with E-state index in [1.807, 2.05) is 0 Å². The molecule has 1 heterocycles. The standard InChI is InChI=1S/C18H13Cl2N3O4/c19-10-3-5-14(24)12(8-10)18(26)23-22-16(25)9-27-15-6-4-13(20)11-2-1-7-21-17(11)15/h1-8,24H,9H2,(H,22,25)(H,23,26). The molecule has 9 heteroatoms. The Hall–Kier alpha value is -3.03. The average Bonchev–Trinajstić information content (AvgIpc) is 2.67. The van der Waals surface area contributed by atoms with E-state index in [1.54, 1.807) is 30.5 Å². The van der Waals surface area contributed by atoms with Gasteiger partial charge in [-0.2, -0.15) is 0 Å². The number of amides is 2. The maximum absolute atomic E-state index is 12.0. The first kappa shape index (κ1) is 18.8. The summed E-state index contributed by atoms with van der Waals surface area (Å²) < 4.78 is 5.46. The summed E-state index contributed by atoms with van der Waals surface area (Å²) in [5.41, 5.74) is 4.82. The Morgan fingerprint density at radius 1 is 1.11 bits per heavy atom. The van der Waals surface area contributed by atoms with E-state index >= 15 is 0 Å². The SMILES string of the molecule is O=C(COc1ccc(Cl)c2cccnc12)NNC(=O)c1cc(Cl)ccc1O. The molecule has 2 aromatic carbocycles. The van der Waals surface area contributed by atoms with Gasteiger partial charge in [-0.05, 0) is 42.5 Å². The van der Waals surface area contributed by atoms with E-state index in [9.17, 15) is 14.7 Å². The number of carbonyl (C=O) groups excluding carboxylic acids is 2. The number of benzene rings is 2. The molecule has 3 N–H and O–H groups in total. The fourth-order valence-corrected chi connectivity index (χ4v) is 2.68. The van der Waals surface area contributed by atoms with Crippen molar-refractivity contribution in [2.75, 3.05) is 6.61 Å². The zero-order chi connectivity index (χ0) is 19.4. The lowest BCUT2D eigenvalue weighted by atomic mass is 10.2. The van der Waals surface area contributed by atoms with Crippen LogP contribution in [-0.2, 0) is 4.79 Å². The molecule has 0 unspecified atom stereocenters. The molecule has 0 saturated carbocycles. The van der Waals surface area contributed by atoms with Gasteiger partial charge in [0.25, 0.3) is 11.8 Å². The summed E-state index contributed by atoms with van der Waals surface area (Å²) in [6.07, 6.45) is 1.59. The van der Waals surface area contributed by atoms with Gasteiger partial charge in [-0.1, -0.05) is 23.2 Å². The monoisotopic (exact) mass is 405 g/mol. The summed E-state index contributed by atoms with van der Waals surface area (Å²) in [5.74, 6) is -1.21. The van der Waals surface area contributed by atoms with Crippen molar-refractivity contribution in [1.29, 1.82) is 0 Å².